The lowest BCUT2D eigenvalue weighted by Gasteiger charge is -2.39. The van der Waals surface area contributed by atoms with E-state index in [1.807, 2.05) is 63.8 Å². The Hall–Kier alpha value is -4.40. The van der Waals surface area contributed by atoms with Gasteiger partial charge in [0, 0.05) is 44.6 Å². The smallest absolute Gasteiger partial charge is 0.289 e. The van der Waals surface area contributed by atoms with E-state index in [1.165, 1.54) is 22.5 Å². The Morgan fingerprint density at radius 1 is 0.841 bits per heavy atom. The maximum Gasteiger partial charge on any atom is 0.289 e. The van der Waals surface area contributed by atoms with E-state index in [0.717, 1.165) is 30.1 Å². The maximum atomic E-state index is 13.5. The molecule has 7 nitrogen and oxygen atoms in total. The number of rotatable bonds is 11. The first-order valence-electron chi connectivity index (χ1n) is 15.3. The van der Waals surface area contributed by atoms with E-state index in [-0.39, 0.29) is 17.9 Å². The molecular formula is C36H38N4O3S. The number of carbonyl (C=O) groups is 2. The molecule has 0 atom stereocenters. The second-order valence-corrected chi connectivity index (χ2v) is 12.1. The third-order valence-corrected chi connectivity index (χ3v) is 9.04. The molecule has 8 heteroatoms. The summed E-state index contributed by atoms with van der Waals surface area (Å²) in [6, 6.07) is 32.8. The van der Waals surface area contributed by atoms with E-state index in [0.29, 0.717) is 44.2 Å². The molecule has 2 aromatic carbocycles. The molecule has 2 amide bonds. The summed E-state index contributed by atoms with van der Waals surface area (Å²) < 4.78 is 8.18. The van der Waals surface area contributed by atoms with Crippen molar-refractivity contribution in [2.75, 3.05) is 32.7 Å². The number of nitrogens with zero attached hydrogens (tertiary/aromatic N) is 4. The highest BCUT2D eigenvalue weighted by Crippen LogP contribution is 2.30. The van der Waals surface area contributed by atoms with E-state index in [4.69, 9.17) is 4.42 Å². The van der Waals surface area contributed by atoms with Gasteiger partial charge in [0.05, 0.1) is 24.0 Å². The van der Waals surface area contributed by atoms with Crippen molar-refractivity contribution in [1.29, 1.82) is 0 Å². The number of carbonyl (C=O) groups excluding carboxylic acids is 2. The highest BCUT2D eigenvalue weighted by Gasteiger charge is 2.29. The van der Waals surface area contributed by atoms with Crippen molar-refractivity contribution in [2.24, 2.45) is 0 Å². The van der Waals surface area contributed by atoms with E-state index in [9.17, 15) is 9.59 Å². The zero-order chi connectivity index (χ0) is 30.3. The van der Waals surface area contributed by atoms with Crippen LogP contribution in [0.3, 0.4) is 0 Å². The molecule has 226 valence electrons. The van der Waals surface area contributed by atoms with Crippen LogP contribution in [0, 0.1) is 0 Å². The van der Waals surface area contributed by atoms with Gasteiger partial charge in [-0.15, -0.1) is 11.3 Å². The molecule has 0 bridgehead atoms. The molecule has 3 aromatic heterocycles. The van der Waals surface area contributed by atoms with Gasteiger partial charge in [-0.2, -0.15) is 0 Å². The largest absolute Gasteiger partial charge is 0.454 e. The number of hydrogen-bond acceptors (Lipinski definition) is 5. The average Bonchev–Trinajstić information content (AvgIpc) is 3.86. The molecule has 1 fully saturated rings. The molecular weight excluding hydrogens is 568 g/mol. The Bertz CT molecular complexity index is 1600. The molecule has 1 saturated heterocycles. The van der Waals surface area contributed by atoms with Crippen LogP contribution in [0.15, 0.2) is 113 Å². The molecule has 0 aliphatic carbocycles. The number of aromatic nitrogens is 1. The Morgan fingerprint density at radius 2 is 1.55 bits per heavy atom. The van der Waals surface area contributed by atoms with Crippen LogP contribution in [0.25, 0.3) is 0 Å². The summed E-state index contributed by atoms with van der Waals surface area (Å²) in [5, 5.41) is 1.93. The maximum absolute atomic E-state index is 13.5. The van der Waals surface area contributed by atoms with E-state index < -0.39 is 0 Å². The Labute approximate surface area is 262 Å². The van der Waals surface area contributed by atoms with Crippen LogP contribution in [-0.4, -0.2) is 63.8 Å². The van der Waals surface area contributed by atoms with Crippen LogP contribution in [-0.2, 0) is 13.1 Å². The predicted octanol–water partition coefficient (Wildman–Crippen LogP) is 6.79. The minimum Gasteiger partial charge on any atom is -0.454 e. The van der Waals surface area contributed by atoms with Gasteiger partial charge in [0.15, 0.2) is 5.76 Å². The molecule has 5 aromatic rings. The lowest BCUT2D eigenvalue weighted by atomic mass is 9.96. The number of piperazine rings is 1. The first kappa shape index (κ1) is 29.7. The molecule has 44 heavy (non-hydrogen) atoms. The quantitative estimate of drug-likeness (QED) is 0.166. The van der Waals surface area contributed by atoms with Crippen LogP contribution < -0.4 is 0 Å². The Kier molecular flexibility index (Phi) is 9.39. The van der Waals surface area contributed by atoms with Crippen LogP contribution >= 0.6 is 11.3 Å². The predicted molar refractivity (Wildman–Crippen MR) is 174 cm³/mol. The molecule has 1 aliphatic rings. The van der Waals surface area contributed by atoms with Gasteiger partial charge in [0.25, 0.3) is 11.8 Å². The number of hydrogen-bond donors (Lipinski definition) is 0. The van der Waals surface area contributed by atoms with Crippen molar-refractivity contribution in [1.82, 2.24) is 19.3 Å². The molecule has 0 saturated carbocycles. The van der Waals surface area contributed by atoms with Crippen molar-refractivity contribution in [3.05, 3.63) is 142 Å². The number of benzene rings is 2. The van der Waals surface area contributed by atoms with Crippen LogP contribution in [0.1, 0.15) is 62.2 Å². The summed E-state index contributed by atoms with van der Waals surface area (Å²) in [7, 11) is 0. The Morgan fingerprint density at radius 3 is 2.18 bits per heavy atom. The first-order chi connectivity index (χ1) is 21.6. The van der Waals surface area contributed by atoms with Gasteiger partial charge in [-0.25, -0.2) is 0 Å². The summed E-state index contributed by atoms with van der Waals surface area (Å²) >= 11 is 1.47. The van der Waals surface area contributed by atoms with Crippen molar-refractivity contribution < 1.29 is 14.0 Å². The Balaban J connectivity index is 1.09. The fourth-order valence-corrected chi connectivity index (χ4v) is 6.68. The molecule has 6 rings (SSSR count). The second kappa shape index (κ2) is 13.9. The fraction of sp³-hybridized carbons (Fsp3) is 0.278. The molecule has 1 aliphatic heterocycles. The minimum absolute atomic E-state index is 0.0550. The van der Waals surface area contributed by atoms with Crippen molar-refractivity contribution in [3.8, 4) is 0 Å². The summed E-state index contributed by atoms with van der Waals surface area (Å²) in [5.74, 6) is 1.06. The zero-order valence-corrected chi connectivity index (χ0v) is 25.9. The third kappa shape index (κ3) is 6.72. The molecule has 0 radical (unpaired) electrons. The minimum atomic E-state index is -0.0738. The highest BCUT2D eigenvalue weighted by atomic mass is 32.1. The van der Waals surface area contributed by atoms with Gasteiger partial charge in [-0.1, -0.05) is 73.7 Å². The van der Waals surface area contributed by atoms with Gasteiger partial charge >= 0.3 is 0 Å². The van der Waals surface area contributed by atoms with Crippen LogP contribution in [0.4, 0.5) is 0 Å². The average molecular weight is 607 g/mol. The lowest BCUT2D eigenvalue weighted by Crippen LogP contribution is -2.49. The van der Waals surface area contributed by atoms with E-state index in [2.05, 4.69) is 64.9 Å². The number of amides is 2. The van der Waals surface area contributed by atoms with Crippen molar-refractivity contribution >= 4 is 23.2 Å². The zero-order valence-electron chi connectivity index (χ0n) is 25.0. The topological polar surface area (TPSA) is 61.9 Å². The van der Waals surface area contributed by atoms with Crippen LogP contribution in [0.5, 0.6) is 0 Å². The molecule has 4 heterocycles. The van der Waals surface area contributed by atoms with Gasteiger partial charge in [-0.3, -0.25) is 14.5 Å². The van der Waals surface area contributed by atoms with Gasteiger partial charge in [0.1, 0.15) is 5.76 Å². The van der Waals surface area contributed by atoms with Crippen LogP contribution in [0.2, 0.25) is 0 Å². The van der Waals surface area contributed by atoms with Gasteiger partial charge in [-0.05, 0) is 53.3 Å². The van der Waals surface area contributed by atoms with Gasteiger partial charge < -0.3 is 18.8 Å². The van der Waals surface area contributed by atoms with Crippen molar-refractivity contribution in [2.45, 2.75) is 32.5 Å². The normalized spacial score (nSPS) is 13.8. The summed E-state index contributed by atoms with van der Waals surface area (Å²) in [6.07, 6.45) is 2.88. The van der Waals surface area contributed by atoms with E-state index >= 15 is 0 Å². The molecule has 0 spiro atoms. The lowest BCUT2D eigenvalue weighted by molar-refractivity contribution is 0.0565. The fourth-order valence-electron chi connectivity index (χ4n) is 5.99. The summed E-state index contributed by atoms with van der Waals surface area (Å²) in [4.78, 5) is 33.6. The summed E-state index contributed by atoms with van der Waals surface area (Å²) in [5.41, 5.74) is 3.54. The SMILES string of the molecule is CCCN(Cc1cccn1Cc1ccc(C(=O)N2CCN(C(c3ccccc3)c3ccccc3)CC2)o1)C(=O)c1cccs1. The third-order valence-electron chi connectivity index (χ3n) is 8.18. The highest BCUT2D eigenvalue weighted by molar-refractivity contribution is 7.12. The first-order valence-corrected chi connectivity index (χ1v) is 16.2. The monoisotopic (exact) mass is 606 g/mol. The standard InChI is InChI=1S/C36H38N4O3S/c1-2-19-40(36(42)33-16-10-25-44-33)26-30-15-9-20-39(30)27-31-17-18-32(43-31)35(41)38-23-21-37(22-24-38)34(28-11-5-3-6-12-28)29-13-7-4-8-14-29/h3-18,20,25,34H,2,19,21-24,26-27H2,1H3. The second-order valence-electron chi connectivity index (χ2n) is 11.1. The molecule has 0 N–H and O–H groups in total. The van der Waals surface area contributed by atoms with Crippen molar-refractivity contribution in [3.63, 3.8) is 0 Å². The number of thiophene rings is 1. The van der Waals surface area contributed by atoms with E-state index in [1.54, 1.807) is 6.07 Å². The molecule has 0 unspecified atom stereocenters. The van der Waals surface area contributed by atoms with Gasteiger partial charge in [0.2, 0.25) is 0 Å². The number of furan rings is 1. The summed E-state index contributed by atoms with van der Waals surface area (Å²) in [6.45, 7) is 6.61.